The fraction of sp³-hybridized carbons (Fsp3) is 0.545. The van der Waals surface area contributed by atoms with Crippen LogP contribution >= 0.6 is 0 Å². The monoisotopic (exact) mass is 300 g/mol. The van der Waals surface area contributed by atoms with Gasteiger partial charge in [0, 0.05) is 26.2 Å². The predicted octanol–water partition coefficient (Wildman–Crippen LogP) is -0.655. The molecule has 0 bridgehead atoms. The summed E-state index contributed by atoms with van der Waals surface area (Å²) < 4.78 is 28.8. The van der Waals surface area contributed by atoms with Gasteiger partial charge in [-0.2, -0.15) is 4.31 Å². The molecule has 1 aliphatic heterocycles. The van der Waals surface area contributed by atoms with Crippen molar-refractivity contribution in [3.63, 3.8) is 0 Å². The van der Waals surface area contributed by atoms with E-state index < -0.39 is 16.0 Å². The molecule has 1 aromatic rings. The molecule has 1 fully saturated rings. The molecule has 0 spiro atoms. The SMILES string of the molecule is COC(=O)c1cnc(N2CCN(S(C)(=O)=O)CC2)cn1. The van der Waals surface area contributed by atoms with Crippen LogP contribution in [0.4, 0.5) is 5.82 Å². The van der Waals surface area contributed by atoms with Gasteiger partial charge in [-0.1, -0.05) is 0 Å². The van der Waals surface area contributed by atoms with Crippen LogP contribution in [0, 0.1) is 0 Å². The lowest BCUT2D eigenvalue weighted by molar-refractivity contribution is 0.0593. The van der Waals surface area contributed by atoms with Crippen molar-refractivity contribution in [1.29, 1.82) is 0 Å². The topological polar surface area (TPSA) is 92.7 Å². The third-order valence-corrected chi connectivity index (χ3v) is 4.37. The minimum atomic E-state index is -3.14. The number of aromatic nitrogens is 2. The maximum Gasteiger partial charge on any atom is 0.358 e. The van der Waals surface area contributed by atoms with Gasteiger partial charge >= 0.3 is 5.97 Å². The van der Waals surface area contributed by atoms with Gasteiger partial charge in [-0.25, -0.2) is 23.2 Å². The van der Waals surface area contributed by atoms with Crippen molar-refractivity contribution in [3.05, 3.63) is 18.1 Å². The zero-order valence-corrected chi connectivity index (χ0v) is 12.1. The lowest BCUT2D eigenvalue weighted by Gasteiger charge is -2.33. The maximum atomic E-state index is 11.4. The molecule has 2 heterocycles. The Morgan fingerprint density at radius 2 is 1.85 bits per heavy atom. The Kier molecular flexibility index (Phi) is 4.19. The molecule has 20 heavy (non-hydrogen) atoms. The number of esters is 1. The lowest BCUT2D eigenvalue weighted by atomic mass is 10.3. The maximum absolute atomic E-state index is 11.4. The van der Waals surface area contributed by atoms with E-state index in [0.29, 0.717) is 32.0 Å². The van der Waals surface area contributed by atoms with Crippen molar-refractivity contribution < 1.29 is 17.9 Å². The molecule has 0 saturated carbocycles. The minimum Gasteiger partial charge on any atom is -0.464 e. The molecule has 0 aliphatic carbocycles. The van der Waals surface area contributed by atoms with Gasteiger partial charge in [0.25, 0.3) is 0 Å². The zero-order valence-electron chi connectivity index (χ0n) is 11.3. The fourth-order valence-corrected chi connectivity index (χ4v) is 2.77. The summed E-state index contributed by atoms with van der Waals surface area (Å²) in [7, 11) is -1.86. The number of ether oxygens (including phenoxy) is 1. The van der Waals surface area contributed by atoms with Gasteiger partial charge in [0.15, 0.2) is 5.69 Å². The number of carbonyl (C=O) groups is 1. The van der Waals surface area contributed by atoms with E-state index in [1.54, 1.807) is 0 Å². The molecule has 1 aliphatic rings. The molecular formula is C11H16N4O4S. The normalized spacial score (nSPS) is 17.0. The molecule has 110 valence electrons. The second-order valence-electron chi connectivity index (χ2n) is 4.40. The molecule has 0 N–H and O–H groups in total. The standard InChI is InChI=1S/C11H16N4O4S/c1-19-11(16)9-7-13-10(8-12-9)14-3-5-15(6-4-14)20(2,17)18/h7-8H,3-6H2,1-2H3. The number of carbonyl (C=O) groups excluding carboxylic acids is 1. The summed E-state index contributed by atoms with van der Waals surface area (Å²) >= 11 is 0. The number of hydrogen-bond acceptors (Lipinski definition) is 7. The summed E-state index contributed by atoms with van der Waals surface area (Å²) in [5.41, 5.74) is 0.144. The van der Waals surface area contributed by atoms with Crippen LogP contribution in [0.3, 0.4) is 0 Å². The van der Waals surface area contributed by atoms with E-state index in [0.717, 1.165) is 0 Å². The minimum absolute atomic E-state index is 0.144. The van der Waals surface area contributed by atoms with Crippen LogP contribution in [0.5, 0.6) is 0 Å². The molecule has 1 saturated heterocycles. The summed E-state index contributed by atoms with van der Waals surface area (Å²) in [6.07, 6.45) is 4.04. The summed E-state index contributed by atoms with van der Waals surface area (Å²) in [4.78, 5) is 21.3. The summed E-state index contributed by atoms with van der Waals surface area (Å²) in [6.45, 7) is 1.91. The van der Waals surface area contributed by atoms with Crippen LogP contribution in [0.15, 0.2) is 12.4 Å². The smallest absolute Gasteiger partial charge is 0.358 e. The Morgan fingerprint density at radius 1 is 1.20 bits per heavy atom. The van der Waals surface area contributed by atoms with Crippen LogP contribution in [0.25, 0.3) is 0 Å². The molecule has 2 rings (SSSR count). The third-order valence-electron chi connectivity index (χ3n) is 3.06. The largest absolute Gasteiger partial charge is 0.464 e. The van der Waals surface area contributed by atoms with Gasteiger partial charge in [0.1, 0.15) is 5.82 Å². The van der Waals surface area contributed by atoms with E-state index in [2.05, 4.69) is 14.7 Å². The van der Waals surface area contributed by atoms with Crippen LogP contribution in [0.2, 0.25) is 0 Å². The molecule has 8 nitrogen and oxygen atoms in total. The number of methoxy groups -OCH3 is 1. The van der Waals surface area contributed by atoms with Gasteiger partial charge in [0.2, 0.25) is 10.0 Å². The van der Waals surface area contributed by atoms with E-state index >= 15 is 0 Å². The van der Waals surface area contributed by atoms with Gasteiger partial charge < -0.3 is 9.64 Å². The number of sulfonamides is 1. The van der Waals surface area contributed by atoms with Crippen molar-refractivity contribution in [2.24, 2.45) is 0 Å². The van der Waals surface area contributed by atoms with Crippen molar-refractivity contribution in [3.8, 4) is 0 Å². The number of anilines is 1. The number of nitrogens with zero attached hydrogens (tertiary/aromatic N) is 4. The second kappa shape index (κ2) is 5.71. The van der Waals surface area contributed by atoms with Crippen molar-refractivity contribution >= 4 is 21.8 Å². The zero-order chi connectivity index (χ0) is 14.8. The van der Waals surface area contributed by atoms with Gasteiger partial charge in [0.05, 0.1) is 25.8 Å². The first kappa shape index (κ1) is 14.7. The molecule has 0 aromatic carbocycles. The van der Waals surface area contributed by atoms with Gasteiger partial charge in [-0.15, -0.1) is 0 Å². The summed E-state index contributed by atoms with van der Waals surface area (Å²) in [5.74, 6) is 0.0803. The molecule has 9 heteroatoms. The highest BCUT2D eigenvalue weighted by atomic mass is 32.2. The number of hydrogen-bond donors (Lipinski definition) is 0. The summed E-state index contributed by atoms with van der Waals surface area (Å²) in [6, 6.07) is 0. The average Bonchev–Trinajstić information content (AvgIpc) is 2.46. The van der Waals surface area contributed by atoms with Gasteiger partial charge in [-0.05, 0) is 0 Å². The number of piperazine rings is 1. The highest BCUT2D eigenvalue weighted by Crippen LogP contribution is 2.14. The predicted molar refractivity (Wildman–Crippen MR) is 72.0 cm³/mol. The lowest BCUT2D eigenvalue weighted by Crippen LogP contribution is -2.48. The van der Waals surface area contributed by atoms with Gasteiger partial charge in [-0.3, -0.25) is 0 Å². The third kappa shape index (κ3) is 3.23. The highest BCUT2D eigenvalue weighted by Gasteiger charge is 2.24. The van der Waals surface area contributed by atoms with E-state index in [1.165, 1.54) is 30.1 Å². The molecule has 0 unspecified atom stereocenters. The Balaban J connectivity index is 2.02. The molecule has 0 radical (unpaired) electrons. The molecule has 0 atom stereocenters. The summed E-state index contributed by atoms with van der Waals surface area (Å²) in [5, 5.41) is 0. The average molecular weight is 300 g/mol. The molecule has 1 aromatic heterocycles. The van der Waals surface area contributed by atoms with Crippen LogP contribution in [-0.4, -0.2) is 68.2 Å². The Hall–Kier alpha value is -1.74. The highest BCUT2D eigenvalue weighted by molar-refractivity contribution is 7.88. The first-order valence-electron chi connectivity index (χ1n) is 6.02. The van der Waals surface area contributed by atoms with E-state index in [9.17, 15) is 13.2 Å². The second-order valence-corrected chi connectivity index (χ2v) is 6.38. The Bertz CT molecular complexity index is 579. The number of rotatable bonds is 3. The van der Waals surface area contributed by atoms with Crippen LogP contribution < -0.4 is 4.90 Å². The first-order chi connectivity index (χ1) is 9.41. The Morgan fingerprint density at radius 3 is 2.30 bits per heavy atom. The molecule has 0 amide bonds. The fourth-order valence-electron chi connectivity index (χ4n) is 1.94. The van der Waals surface area contributed by atoms with Crippen molar-refractivity contribution in [1.82, 2.24) is 14.3 Å². The van der Waals surface area contributed by atoms with Crippen LogP contribution in [-0.2, 0) is 14.8 Å². The first-order valence-corrected chi connectivity index (χ1v) is 7.87. The quantitative estimate of drug-likeness (QED) is 0.684. The van der Waals surface area contributed by atoms with Crippen molar-refractivity contribution in [2.75, 3.05) is 44.4 Å². The Labute approximate surface area is 117 Å². The molecular weight excluding hydrogens is 284 g/mol. The van der Waals surface area contributed by atoms with E-state index in [1.807, 2.05) is 4.90 Å². The van der Waals surface area contributed by atoms with Crippen molar-refractivity contribution in [2.45, 2.75) is 0 Å². The van der Waals surface area contributed by atoms with Crippen LogP contribution in [0.1, 0.15) is 10.5 Å². The van der Waals surface area contributed by atoms with E-state index in [4.69, 9.17) is 0 Å². The van der Waals surface area contributed by atoms with E-state index in [-0.39, 0.29) is 5.69 Å².